The number of rotatable bonds is 3. The summed E-state index contributed by atoms with van der Waals surface area (Å²) in [6, 6.07) is 12.8. The third kappa shape index (κ3) is 2.81. The number of nitrogens with one attached hydrogen (secondary N) is 2. The maximum Gasteiger partial charge on any atom is 0.262 e. The van der Waals surface area contributed by atoms with Crippen molar-refractivity contribution in [1.82, 2.24) is 10.3 Å². The number of fused-ring (bicyclic) bond motifs is 2. The standard InChI is InChI=1S/C17H13N3O3S/c21-15-9-23-13-7-10(5-6-11(13)19-15)17(22)18-8-16-20-12-3-1-2-4-14(12)24-16/h1-7H,8-9H2,(H,18,22)(H,19,21). The Morgan fingerprint density at radius 2 is 2.17 bits per heavy atom. The van der Waals surface area contributed by atoms with E-state index >= 15 is 0 Å². The Morgan fingerprint density at radius 1 is 1.29 bits per heavy atom. The van der Waals surface area contributed by atoms with E-state index in [2.05, 4.69) is 15.6 Å². The van der Waals surface area contributed by atoms with Gasteiger partial charge < -0.3 is 15.4 Å². The number of carbonyl (C=O) groups excluding carboxylic acids is 2. The molecule has 6 nitrogen and oxygen atoms in total. The molecule has 3 aromatic rings. The third-order valence-electron chi connectivity index (χ3n) is 3.62. The summed E-state index contributed by atoms with van der Waals surface area (Å²) in [5, 5.41) is 6.41. The zero-order valence-corrected chi connectivity index (χ0v) is 13.4. The van der Waals surface area contributed by atoms with Crippen LogP contribution in [0, 0.1) is 0 Å². The molecular weight excluding hydrogens is 326 g/mol. The van der Waals surface area contributed by atoms with E-state index in [1.807, 2.05) is 24.3 Å². The largest absolute Gasteiger partial charge is 0.482 e. The number of thiazole rings is 1. The van der Waals surface area contributed by atoms with Gasteiger partial charge in [-0.3, -0.25) is 9.59 Å². The van der Waals surface area contributed by atoms with Crippen LogP contribution in [0.2, 0.25) is 0 Å². The number of ether oxygens (including phenoxy) is 1. The number of nitrogens with zero attached hydrogens (tertiary/aromatic N) is 1. The highest BCUT2D eigenvalue weighted by molar-refractivity contribution is 7.18. The van der Waals surface area contributed by atoms with Crippen molar-refractivity contribution in [1.29, 1.82) is 0 Å². The molecule has 2 N–H and O–H groups in total. The zero-order valence-electron chi connectivity index (χ0n) is 12.5. The lowest BCUT2D eigenvalue weighted by atomic mass is 10.1. The highest BCUT2D eigenvalue weighted by Crippen LogP contribution is 2.28. The summed E-state index contributed by atoms with van der Waals surface area (Å²) in [5.41, 5.74) is 1.99. The second kappa shape index (κ2) is 5.93. The fourth-order valence-electron chi connectivity index (χ4n) is 2.47. The van der Waals surface area contributed by atoms with Crippen LogP contribution in [0.15, 0.2) is 42.5 Å². The van der Waals surface area contributed by atoms with Gasteiger partial charge in [-0.05, 0) is 30.3 Å². The molecule has 1 aliphatic rings. The van der Waals surface area contributed by atoms with E-state index in [0.29, 0.717) is 23.5 Å². The van der Waals surface area contributed by atoms with Crippen LogP contribution in [-0.4, -0.2) is 23.4 Å². The van der Waals surface area contributed by atoms with E-state index < -0.39 is 0 Å². The Hall–Kier alpha value is -2.93. The van der Waals surface area contributed by atoms with Crippen molar-refractivity contribution in [2.45, 2.75) is 6.54 Å². The Labute approximate surface area is 141 Å². The van der Waals surface area contributed by atoms with E-state index in [4.69, 9.17) is 4.74 Å². The van der Waals surface area contributed by atoms with Gasteiger partial charge in [0.05, 0.1) is 22.4 Å². The fourth-order valence-corrected chi connectivity index (χ4v) is 3.38. The highest BCUT2D eigenvalue weighted by atomic mass is 32.1. The van der Waals surface area contributed by atoms with Crippen LogP contribution in [0.3, 0.4) is 0 Å². The maximum absolute atomic E-state index is 12.3. The van der Waals surface area contributed by atoms with Crippen LogP contribution in [0.4, 0.5) is 5.69 Å². The molecule has 0 unspecified atom stereocenters. The van der Waals surface area contributed by atoms with Gasteiger partial charge in [0.1, 0.15) is 10.8 Å². The normalized spacial score (nSPS) is 13.1. The summed E-state index contributed by atoms with van der Waals surface area (Å²) >= 11 is 1.56. The van der Waals surface area contributed by atoms with Gasteiger partial charge in [-0.25, -0.2) is 4.98 Å². The van der Waals surface area contributed by atoms with E-state index in [1.165, 1.54) is 0 Å². The quantitative estimate of drug-likeness (QED) is 0.768. The minimum absolute atomic E-state index is 0.0379. The van der Waals surface area contributed by atoms with Crippen LogP contribution in [0.25, 0.3) is 10.2 Å². The predicted molar refractivity (Wildman–Crippen MR) is 91.4 cm³/mol. The van der Waals surface area contributed by atoms with Crippen LogP contribution in [-0.2, 0) is 11.3 Å². The molecule has 24 heavy (non-hydrogen) atoms. The molecule has 1 aromatic heterocycles. The molecule has 0 bridgehead atoms. The average Bonchev–Trinajstić information content (AvgIpc) is 3.02. The van der Waals surface area contributed by atoms with E-state index in [9.17, 15) is 9.59 Å². The smallest absolute Gasteiger partial charge is 0.262 e. The lowest BCUT2D eigenvalue weighted by Crippen LogP contribution is -2.26. The van der Waals surface area contributed by atoms with E-state index in [0.717, 1.165) is 15.2 Å². The highest BCUT2D eigenvalue weighted by Gasteiger charge is 2.18. The Balaban J connectivity index is 1.47. The van der Waals surface area contributed by atoms with Crippen LogP contribution in [0.5, 0.6) is 5.75 Å². The molecule has 0 saturated carbocycles. The average molecular weight is 339 g/mol. The number of hydrogen-bond donors (Lipinski definition) is 2. The number of para-hydroxylation sites is 1. The first-order valence-corrected chi connectivity index (χ1v) is 8.20. The summed E-state index contributed by atoms with van der Waals surface area (Å²) in [5.74, 6) is 0.0929. The first-order chi connectivity index (χ1) is 11.7. The van der Waals surface area contributed by atoms with Gasteiger partial charge in [0.25, 0.3) is 11.8 Å². The second-order valence-corrected chi connectivity index (χ2v) is 6.42. The van der Waals surface area contributed by atoms with Gasteiger partial charge in [0.15, 0.2) is 6.61 Å². The molecule has 2 amide bonds. The minimum Gasteiger partial charge on any atom is -0.482 e. The molecule has 2 aromatic carbocycles. The third-order valence-corrected chi connectivity index (χ3v) is 4.65. The lowest BCUT2D eigenvalue weighted by Gasteiger charge is -2.18. The molecular formula is C17H13N3O3S. The Morgan fingerprint density at radius 3 is 3.04 bits per heavy atom. The van der Waals surface area contributed by atoms with Gasteiger partial charge in [-0.1, -0.05) is 12.1 Å². The van der Waals surface area contributed by atoms with Crippen LogP contribution >= 0.6 is 11.3 Å². The molecule has 0 atom stereocenters. The summed E-state index contributed by atoms with van der Waals surface area (Å²) in [4.78, 5) is 28.1. The SMILES string of the molecule is O=C1COc2cc(C(=O)NCc3nc4ccccc4s3)ccc2N1. The molecule has 2 heterocycles. The molecule has 120 valence electrons. The first-order valence-electron chi connectivity index (χ1n) is 7.38. The van der Waals surface area contributed by atoms with Crippen molar-refractivity contribution in [2.75, 3.05) is 11.9 Å². The summed E-state index contributed by atoms with van der Waals surface area (Å²) in [7, 11) is 0. The molecule has 1 aliphatic heterocycles. The molecule has 0 fully saturated rings. The summed E-state index contributed by atoms with van der Waals surface area (Å²) < 4.78 is 6.42. The van der Waals surface area contributed by atoms with E-state index in [1.54, 1.807) is 29.5 Å². The second-order valence-electron chi connectivity index (χ2n) is 5.31. The van der Waals surface area contributed by atoms with Gasteiger partial charge in [-0.2, -0.15) is 0 Å². The van der Waals surface area contributed by atoms with Crippen molar-refractivity contribution in [2.24, 2.45) is 0 Å². The number of amides is 2. The van der Waals surface area contributed by atoms with Crippen molar-refractivity contribution in [3.05, 3.63) is 53.0 Å². The van der Waals surface area contributed by atoms with Crippen LogP contribution in [0.1, 0.15) is 15.4 Å². The number of hydrogen-bond acceptors (Lipinski definition) is 5. The maximum atomic E-state index is 12.3. The van der Waals surface area contributed by atoms with Crippen molar-refractivity contribution in [3.8, 4) is 5.75 Å². The first kappa shape index (κ1) is 14.6. The fraction of sp³-hybridized carbons (Fsp3) is 0.118. The van der Waals surface area contributed by atoms with Crippen molar-refractivity contribution in [3.63, 3.8) is 0 Å². The molecule has 4 rings (SSSR count). The van der Waals surface area contributed by atoms with Gasteiger partial charge in [0.2, 0.25) is 0 Å². The summed E-state index contributed by atoms with van der Waals surface area (Å²) in [6.07, 6.45) is 0. The lowest BCUT2D eigenvalue weighted by molar-refractivity contribution is -0.118. The topological polar surface area (TPSA) is 80.3 Å². The van der Waals surface area contributed by atoms with Gasteiger partial charge >= 0.3 is 0 Å². The number of carbonyl (C=O) groups is 2. The van der Waals surface area contributed by atoms with Crippen molar-refractivity contribution >= 4 is 39.1 Å². The molecule has 0 radical (unpaired) electrons. The Bertz CT molecular complexity index is 918. The molecule has 0 saturated heterocycles. The monoisotopic (exact) mass is 339 g/mol. The minimum atomic E-state index is -0.211. The summed E-state index contributed by atoms with van der Waals surface area (Å²) in [6.45, 7) is 0.330. The molecule has 7 heteroatoms. The van der Waals surface area contributed by atoms with Gasteiger partial charge in [-0.15, -0.1) is 11.3 Å². The number of aromatic nitrogens is 1. The Kier molecular flexibility index (Phi) is 3.62. The van der Waals surface area contributed by atoms with Crippen molar-refractivity contribution < 1.29 is 14.3 Å². The van der Waals surface area contributed by atoms with E-state index in [-0.39, 0.29) is 18.4 Å². The van der Waals surface area contributed by atoms with Gasteiger partial charge in [0, 0.05) is 5.56 Å². The molecule has 0 aliphatic carbocycles. The number of benzene rings is 2. The predicted octanol–water partition coefficient (Wildman–Crippen LogP) is 2.56. The molecule has 0 spiro atoms. The number of anilines is 1. The zero-order chi connectivity index (χ0) is 16.5. The van der Waals surface area contributed by atoms with Crippen LogP contribution < -0.4 is 15.4 Å².